The number of benzene rings is 2. The van der Waals surface area contributed by atoms with E-state index in [9.17, 15) is 12.8 Å². The highest BCUT2D eigenvalue weighted by Crippen LogP contribution is 2.26. The Morgan fingerprint density at radius 2 is 2.00 bits per heavy atom. The van der Waals surface area contributed by atoms with Crippen LogP contribution in [0.1, 0.15) is 36.5 Å². The summed E-state index contributed by atoms with van der Waals surface area (Å²) in [6.45, 7) is 1.15. The molecule has 0 radical (unpaired) electrons. The van der Waals surface area contributed by atoms with Gasteiger partial charge in [-0.3, -0.25) is 0 Å². The van der Waals surface area contributed by atoms with Crippen LogP contribution in [0.2, 0.25) is 0 Å². The Kier molecular flexibility index (Phi) is 7.18. The number of methoxy groups -OCH3 is 1. The number of nitrogens with one attached hydrogen (secondary N) is 1. The van der Waals surface area contributed by atoms with E-state index in [0.29, 0.717) is 43.2 Å². The summed E-state index contributed by atoms with van der Waals surface area (Å²) in [4.78, 5) is 4.38. The van der Waals surface area contributed by atoms with Gasteiger partial charge in [0.25, 0.3) is 0 Å². The van der Waals surface area contributed by atoms with E-state index >= 15 is 0 Å². The zero-order valence-corrected chi connectivity index (χ0v) is 19.3. The SMILES string of the molecule is COC[C@H]1CCC[C@H]1NCc1nc(Cc2ccccc2)n(-c2ccc(S(N)(=O)=O)cc2F)n1. The van der Waals surface area contributed by atoms with E-state index in [1.54, 1.807) is 7.11 Å². The van der Waals surface area contributed by atoms with E-state index in [2.05, 4.69) is 15.4 Å². The minimum Gasteiger partial charge on any atom is -0.384 e. The maximum absolute atomic E-state index is 14.9. The van der Waals surface area contributed by atoms with Crippen molar-refractivity contribution in [1.29, 1.82) is 0 Å². The molecule has 1 fully saturated rings. The molecule has 1 heterocycles. The van der Waals surface area contributed by atoms with Gasteiger partial charge in [-0.05, 0) is 42.5 Å². The van der Waals surface area contributed by atoms with Crippen LogP contribution < -0.4 is 10.5 Å². The Morgan fingerprint density at radius 1 is 1.21 bits per heavy atom. The van der Waals surface area contributed by atoms with Crippen molar-refractivity contribution >= 4 is 10.0 Å². The van der Waals surface area contributed by atoms with Crippen molar-refractivity contribution in [2.45, 2.75) is 43.2 Å². The Bertz CT molecular complexity index is 1200. The quantitative estimate of drug-likeness (QED) is 0.494. The van der Waals surface area contributed by atoms with E-state index in [0.717, 1.165) is 30.9 Å². The van der Waals surface area contributed by atoms with Crippen molar-refractivity contribution in [3.05, 3.63) is 71.6 Å². The summed E-state index contributed by atoms with van der Waals surface area (Å²) in [5.41, 5.74) is 1.12. The van der Waals surface area contributed by atoms with E-state index in [1.165, 1.54) is 16.8 Å². The molecule has 1 aromatic heterocycles. The fraction of sp³-hybridized carbons (Fsp3) is 0.391. The third-order valence-electron chi connectivity index (χ3n) is 5.96. The zero-order chi connectivity index (χ0) is 23.4. The molecule has 0 saturated heterocycles. The molecule has 2 aromatic carbocycles. The molecule has 0 spiro atoms. The highest BCUT2D eigenvalue weighted by atomic mass is 32.2. The Labute approximate surface area is 193 Å². The average molecular weight is 474 g/mol. The van der Waals surface area contributed by atoms with Gasteiger partial charge in [0.1, 0.15) is 17.3 Å². The minimum atomic E-state index is -4.01. The number of rotatable bonds is 9. The maximum atomic E-state index is 14.9. The lowest BCUT2D eigenvalue weighted by atomic mass is 10.1. The molecule has 4 rings (SSSR count). The fourth-order valence-electron chi connectivity index (χ4n) is 4.33. The molecule has 3 N–H and O–H groups in total. The third kappa shape index (κ3) is 5.64. The largest absolute Gasteiger partial charge is 0.384 e. The summed E-state index contributed by atoms with van der Waals surface area (Å²) < 4.78 is 44.9. The molecular weight excluding hydrogens is 445 g/mol. The monoisotopic (exact) mass is 473 g/mol. The molecule has 1 aliphatic carbocycles. The molecule has 10 heteroatoms. The van der Waals surface area contributed by atoms with Crippen LogP contribution in [0.15, 0.2) is 53.4 Å². The Balaban J connectivity index is 1.63. The molecule has 0 aliphatic heterocycles. The minimum absolute atomic E-state index is 0.116. The van der Waals surface area contributed by atoms with Crippen molar-refractivity contribution in [3.8, 4) is 5.69 Å². The van der Waals surface area contributed by atoms with Gasteiger partial charge in [0, 0.05) is 19.6 Å². The fourth-order valence-corrected chi connectivity index (χ4v) is 4.86. The third-order valence-corrected chi connectivity index (χ3v) is 6.87. The topological polar surface area (TPSA) is 112 Å². The van der Waals surface area contributed by atoms with Gasteiger partial charge in [0.15, 0.2) is 5.82 Å². The predicted molar refractivity (Wildman–Crippen MR) is 122 cm³/mol. The van der Waals surface area contributed by atoms with Crippen molar-refractivity contribution in [3.63, 3.8) is 0 Å². The normalized spacial score (nSPS) is 18.6. The number of nitrogens with zero attached hydrogens (tertiary/aromatic N) is 3. The zero-order valence-electron chi connectivity index (χ0n) is 18.4. The number of hydrogen-bond donors (Lipinski definition) is 2. The Hall–Kier alpha value is -2.66. The lowest BCUT2D eigenvalue weighted by Crippen LogP contribution is -2.34. The molecule has 0 unspecified atom stereocenters. The molecule has 0 bridgehead atoms. The summed E-state index contributed by atoms with van der Waals surface area (Å²) in [6, 6.07) is 13.6. The summed E-state index contributed by atoms with van der Waals surface area (Å²) in [5, 5.41) is 13.2. The van der Waals surface area contributed by atoms with E-state index < -0.39 is 15.8 Å². The van der Waals surface area contributed by atoms with Gasteiger partial charge in [-0.1, -0.05) is 36.8 Å². The lowest BCUT2D eigenvalue weighted by Gasteiger charge is -2.19. The number of sulfonamides is 1. The van der Waals surface area contributed by atoms with Crippen LogP contribution in [0.4, 0.5) is 4.39 Å². The molecule has 1 aliphatic rings. The first kappa shape index (κ1) is 23.5. The number of aromatic nitrogens is 3. The molecule has 176 valence electrons. The lowest BCUT2D eigenvalue weighted by molar-refractivity contribution is 0.140. The number of hydrogen-bond acceptors (Lipinski definition) is 6. The molecule has 1 saturated carbocycles. The highest BCUT2D eigenvalue weighted by Gasteiger charge is 2.27. The summed E-state index contributed by atoms with van der Waals surface area (Å²) >= 11 is 0. The number of halogens is 1. The van der Waals surface area contributed by atoms with Crippen LogP contribution in [0.5, 0.6) is 0 Å². The first-order valence-electron chi connectivity index (χ1n) is 10.9. The van der Waals surface area contributed by atoms with Crippen molar-refractivity contribution in [1.82, 2.24) is 20.1 Å². The van der Waals surface area contributed by atoms with Gasteiger partial charge in [0.05, 0.1) is 18.0 Å². The van der Waals surface area contributed by atoms with E-state index in [4.69, 9.17) is 9.88 Å². The first-order chi connectivity index (χ1) is 15.8. The molecule has 0 amide bonds. The van der Waals surface area contributed by atoms with Gasteiger partial charge in [-0.15, -0.1) is 5.10 Å². The van der Waals surface area contributed by atoms with Gasteiger partial charge in [-0.25, -0.2) is 27.6 Å². The predicted octanol–water partition coefficient (Wildman–Crippen LogP) is 2.55. The number of ether oxygens (including phenoxy) is 1. The second-order valence-corrected chi connectivity index (χ2v) is 9.87. The van der Waals surface area contributed by atoms with E-state index in [-0.39, 0.29) is 10.6 Å². The standard InChI is InChI=1S/C23H28FN5O3S/c1-32-15-17-8-5-9-20(17)26-14-22-27-23(12-16-6-3-2-4-7-16)29(28-22)21-11-10-18(13-19(21)24)33(25,30)31/h2-4,6-7,10-11,13,17,20,26H,5,8-9,12,14-15H2,1H3,(H2,25,30,31)/t17-,20-/m1/s1. The van der Waals surface area contributed by atoms with Gasteiger partial charge in [-0.2, -0.15) is 0 Å². The van der Waals surface area contributed by atoms with Gasteiger partial charge >= 0.3 is 0 Å². The van der Waals surface area contributed by atoms with Crippen LogP contribution in [0.25, 0.3) is 5.69 Å². The van der Waals surface area contributed by atoms with Crippen LogP contribution in [0.3, 0.4) is 0 Å². The molecular formula is C23H28FN5O3S. The maximum Gasteiger partial charge on any atom is 0.238 e. The summed E-state index contributed by atoms with van der Waals surface area (Å²) in [5.74, 6) is 0.805. The van der Waals surface area contributed by atoms with E-state index in [1.807, 2.05) is 30.3 Å². The van der Waals surface area contributed by atoms with Crippen LogP contribution >= 0.6 is 0 Å². The summed E-state index contributed by atoms with van der Waals surface area (Å²) in [6.07, 6.45) is 3.78. The van der Waals surface area contributed by atoms with Crippen LogP contribution in [0, 0.1) is 11.7 Å². The molecule has 3 aromatic rings. The molecule has 8 nitrogen and oxygen atoms in total. The molecule has 2 atom stereocenters. The highest BCUT2D eigenvalue weighted by molar-refractivity contribution is 7.89. The van der Waals surface area contributed by atoms with Crippen LogP contribution in [-0.2, 0) is 27.7 Å². The van der Waals surface area contributed by atoms with Gasteiger partial charge < -0.3 is 10.1 Å². The van der Waals surface area contributed by atoms with Gasteiger partial charge in [0.2, 0.25) is 10.0 Å². The van der Waals surface area contributed by atoms with Crippen LogP contribution in [-0.4, -0.2) is 42.9 Å². The average Bonchev–Trinajstić information content (AvgIpc) is 3.39. The second-order valence-electron chi connectivity index (χ2n) is 8.31. The Morgan fingerprint density at radius 3 is 2.70 bits per heavy atom. The molecule has 33 heavy (non-hydrogen) atoms. The van der Waals surface area contributed by atoms with Crippen molar-refractivity contribution in [2.75, 3.05) is 13.7 Å². The first-order valence-corrected chi connectivity index (χ1v) is 12.4. The second kappa shape index (κ2) is 10.1. The van der Waals surface area contributed by atoms with Crippen molar-refractivity contribution in [2.24, 2.45) is 11.1 Å². The smallest absolute Gasteiger partial charge is 0.238 e. The van der Waals surface area contributed by atoms with Crippen molar-refractivity contribution < 1.29 is 17.5 Å². The number of nitrogens with two attached hydrogens (primary N) is 1. The number of primary sulfonamides is 1. The summed E-state index contributed by atoms with van der Waals surface area (Å²) in [7, 11) is -2.30.